The molecule has 0 unspecified atom stereocenters. The predicted molar refractivity (Wildman–Crippen MR) is 116 cm³/mol. The molecule has 150 valence electrons. The van der Waals surface area contributed by atoms with Crippen LogP contribution in [0, 0.1) is 0 Å². The molecule has 1 fully saturated rings. The second kappa shape index (κ2) is 8.53. The number of rotatable bonds is 4. The molecule has 1 amide bonds. The van der Waals surface area contributed by atoms with E-state index in [-0.39, 0.29) is 5.91 Å². The van der Waals surface area contributed by atoms with Gasteiger partial charge in [-0.25, -0.2) is 9.97 Å². The lowest BCUT2D eigenvalue weighted by Crippen LogP contribution is -2.48. The van der Waals surface area contributed by atoms with Gasteiger partial charge in [0.15, 0.2) is 0 Å². The lowest BCUT2D eigenvalue weighted by Gasteiger charge is -2.34. The van der Waals surface area contributed by atoms with Crippen molar-refractivity contribution in [1.82, 2.24) is 19.8 Å². The van der Waals surface area contributed by atoms with E-state index in [9.17, 15) is 4.79 Å². The van der Waals surface area contributed by atoms with Crippen molar-refractivity contribution >= 4 is 45.8 Å². The third kappa shape index (κ3) is 4.61. The molecular formula is C21H21Cl2N5O. The zero-order valence-electron chi connectivity index (χ0n) is 15.8. The summed E-state index contributed by atoms with van der Waals surface area (Å²) in [5.41, 5.74) is 7.80. The SMILES string of the molecule is Nc1nc(CN2CCN(C(=O)Cc3ccc(Cl)c(Cl)c3)CC2)nc2ccccc12. The van der Waals surface area contributed by atoms with E-state index in [1.165, 1.54) is 0 Å². The Morgan fingerprint density at radius 3 is 2.52 bits per heavy atom. The fourth-order valence-corrected chi connectivity index (χ4v) is 3.83. The predicted octanol–water partition coefficient (Wildman–Crippen LogP) is 3.41. The number of piperazine rings is 1. The maximum Gasteiger partial charge on any atom is 0.227 e. The summed E-state index contributed by atoms with van der Waals surface area (Å²) in [7, 11) is 0. The fraction of sp³-hybridized carbons (Fsp3) is 0.286. The molecule has 4 rings (SSSR count). The molecule has 1 aliphatic rings. The van der Waals surface area contributed by atoms with Gasteiger partial charge in [0.05, 0.1) is 28.5 Å². The number of halogens is 2. The molecule has 3 aromatic rings. The average Bonchev–Trinajstić information content (AvgIpc) is 2.71. The minimum Gasteiger partial charge on any atom is -0.383 e. The lowest BCUT2D eigenvalue weighted by molar-refractivity contribution is -0.132. The number of nitrogen functional groups attached to an aromatic ring is 1. The molecule has 1 saturated heterocycles. The molecule has 0 radical (unpaired) electrons. The highest BCUT2D eigenvalue weighted by Crippen LogP contribution is 2.23. The highest BCUT2D eigenvalue weighted by atomic mass is 35.5. The Labute approximate surface area is 179 Å². The van der Waals surface area contributed by atoms with Crippen LogP contribution in [0.3, 0.4) is 0 Å². The van der Waals surface area contributed by atoms with Crippen molar-refractivity contribution in [2.45, 2.75) is 13.0 Å². The van der Waals surface area contributed by atoms with Crippen molar-refractivity contribution in [2.75, 3.05) is 31.9 Å². The van der Waals surface area contributed by atoms with E-state index >= 15 is 0 Å². The monoisotopic (exact) mass is 429 g/mol. The van der Waals surface area contributed by atoms with Gasteiger partial charge in [-0.2, -0.15) is 0 Å². The summed E-state index contributed by atoms with van der Waals surface area (Å²) < 4.78 is 0. The van der Waals surface area contributed by atoms with Gasteiger partial charge < -0.3 is 10.6 Å². The molecule has 0 saturated carbocycles. The van der Waals surface area contributed by atoms with Crippen molar-refractivity contribution in [3.8, 4) is 0 Å². The van der Waals surface area contributed by atoms with Crippen LogP contribution in [-0.2, 0) is 17.8 Å². The van der Waals surface area contributed by atoms with Gasteiger partial charge in [-0.1, -0.05) is 41.4 Å². The highest BCUT2D eigenvalue weighted by Gasteiger charge is 2.22. The third-order valence-electron chi connectivity index (χ3n) is 5.11. The first-order valence-corrected chi connectivity index (χ1v) is 10.2. The number of benzene rings is 2. The standard InChI is InChI=1S/C21H21Cl2N5O/c22-16-6-5-14(11-17(16)23)12-20(29)28-9-7-27(8-10-28)13-19-25-18-4-2-1-3-15(18)21(24)26-19/h1-6,11H,7-10,12-13H2,(H2,24,25,26). The van der Waals surface area contributed by atoms with Gasteiger partial charge in [-0.15, -0.1) is 0 Å². The maximum atomic E-state index is 12.6. The van der Waals surface area contributed by atoms with E-state index in [1.54, 1.807) is 12.1 Å². The lowest BCUT2D eigenvalue weighted by atomic mass is 10.1. The van der Waals surface area contributed by atoms with Crippen LogP contribution in [0.4, 0.5) is 5.82 Å². The zero-order valence-corrected chi connectivity index (χ0v) is 17.3. The first kappa shape index (κ1) is 19.9. The molecule has 6 nitrogen and oxygen atoms in total. The summed E-state index contributed by atoms with van der Waals surface area (Å²) in [6.45, 7) is 3.49. The van der Waals surface area contributed by atoms with Gasteiger partial charge in [0.25, 0.3) is 0 Å². The minimum atomic E-state index is 0.0919. The summed E-state index contributed by atoms with van der Waals surface area (Å²) in [5.74, 6) is 1.30. The molecule has 2 N–H and O–H groups in total. The number of para-hydroxylation sites is 1. The number of amides is 1. The van der Waals surface area contributed by atoms with Crippen LogP contribution in [0.2, 0.25) is 10.0 Å². The van der Waals surface area contributed by atoms with Gasteiger partial charge in [0.2, 0.25) is 5.91 Å². The number of fused-ring (bicyclic) bond motifs is 1. The van der Waals surface area contributed by atoms with E-state index in [0.29, 0.717) is 47.7 Å². The van der Waals surface area contributed by atoms with Crippen LogP contribution < -0.4 is 5.73 Å². The number of nitrogens with zero attached hydrogens (tertiary/aromatic N) is 4. The smallest absolute Gasteiger partial charge is 0.227 e. The Balaban J connectivity index is 1.34. The highest BCUT2D eigenvalue weighted by molar-refractivity contribution is 6.42. The van der Waals surface area contributed by atoms with Crippen LogP contribution >= 0.6 is 23.2 Å². The van der Waals surface area contributed by atoms with Gasteiger partial charge >= 0.3 is 0 Å². The summed E-state index contributed by atoms with van der Waals surface area (Å²) >= 11 is 12.0. The number of anilines is 1. The Morgan fingerprint density at radius 2 is 1.76 bits per heavy atom. The Bertz CT molecular complexity index is 1050. The zero-order chi connectivity index (χ0) is 20.4. The number of aromatic nitrogens is 2. The van der Waals surface area contributed by atoms with Crippen LogP contribution in [0.5, 0.6) is 0 Å². The van der Waals surface area contributed by atoms with Crippen molar-refractivity contribution in [2.24, 2.45) is 0 Å². The number of nitrogens with two attached hydrogens (primary N) is 1. The second-order valence-corrected chi connectivity index (χ2v) is 7.94. The molecule has 1 aromatic heterocycles. The van der Waals surface area contributed by atoms with E-state index < -0.39 is 0 Å². The van der Waals surface area contributed by atoms with Crippen molar-refractivity contribution in [3.05, 3.63) is 63.9 Å². The third-order valence-corrected chi connectivity index (χ3v) is 5.85. The summed E-state index contributed by atoms with van der Waals surface area (Å²) in [6.07, 6.45) is 0.321. The van der Waals surface area contributed by atoms with Crippen LogP contribution in [0.15, 0.2) is 42.5 Å². The van der Waals surface area contributed by atoms with E-state index in [1.807, 2.05) is 35.2 Å². The largest absolute Gasteiger partial charge is 0.383 e. The topological polar surface area (TPSA) is 75.3 Å². The number of carbonyl (C=O) groups excluding carboxylic acids is 1. The van der Waals surface area contributed by atoms with Crippen LogP contribution in [0.25, 0.3) is 10.9 Å². The van der Waals surface area contributed by atoms with Crippen LogP contribution in [-0.4, -0.2) is 51.9 Å². The second-order valence-electron chi connectivity index (χ2n) is 7.12. The fourth-order valence-electron chi connectivity index (χ4n) is 3.51. The summed E-state index contributed by atoms with van der Waals surface area (Å²) in [4.78, 5) is 25.8. The molecule has 0 atom stereocenters. The molecule has 0 aliphatic carbocycles. The van der Waals surface area contributed by atoms with Crippen molar-refractivity contribution in [1.29, 1.82) is 0 Å². The molecule has 2 heterocycles. The summed E-state index contributed by atoms with van der Waals surface area (Å²) in [6, 6.07) is 13.0. The van der Waals surface area contributed by atoms with Crippen LogP contribution in [0.1, 0.15) is 11.4 Å². The number of hydrogen-bond donors (Lipinski definition) is 1. The molecule has 1 aliphatic heterocycles. The Morgan fingerprint density at radius 1 is 1.00 bits per heavy atom. The first-order chi connectivity index (χ1) is 14.0. The summed E-state index contributed by atoms with van der Waals surface area (Å²) in [5, 5.41) is 1.83. The molecule has 0 bridgehead atoms. The maximum absolute atomic E-state index is 12.6. The number of hydrogen-bond acceptors (Lipinski definition) is 5. The van der Waals surface area contributed by atoms with E-state index in [2.05, 4.69) is 14.9 Å². The molecule has 29 heavy (non-hydrogen) atoms. The van der Waals surface area contributed by atoms with Crippen molar-refractivity contribution in [3.63, 3.8) is 0 Å². The molecule has 8 heteroatoms. The average molecular weight is 430 g/mol. The minimum absolute atomic E-state index is 0.0919. The first-order valence-electron chi connectivity index (χ1n) is 9.45. The number of carbonyl (C=O) groups is 1. The Hall–Kier alpha value is -2.41. The van der Waals surface area contributed by atoms with Gasteiger partial charge in [-0.05, 0) is 29.8 Å². The molecular weight excluding hydrogens is 409 g/mol. The van der Waals surface area contributed by atoms with Gasteiger partial charge in [-0.3, -0.25) is 9.69 Å². The van der Waals surface area contributed by atoms with E-state index in [0.717, 1.165) is 29.6 Å². The molecule has 2 aromatic carbocycles. The Kier molecular flexibility index (Phi) is 5.85. The quantitative estimate of drug-likeness (QED) is 0.687. The van der Waals surface area contributed by atoms with Gasteiger partial charge in [0, 0.05) is 31.6 Å². The normalized spacial score (nSPS) is 15.0. The van der Waals surface area contributed by atoms with E-state index in [4.69, 9.17) is 28.9 Å². The molecule has 0 spiro atoms. The van der Waals surface area contributed by atoms with Gasteiger partial charge in [0.1, 0.15) is 11.6 Å². The van der Waals surface area contributed by atoms with Crippen molar-refractivity contribution < 1.29 is 4.79 Å².